The highest BCUT2D eigenvalue weighted by Crippen LogP contribution is 2.68. The van der Waals surface area contributed by atoms with Crippen LogP contribution in [0, 0.1) is 5.92 Å². The second kappa shape index (κ2) is 4.17. The molecule has 1 heterocycles. The van der Waals surface area contributed by atoms with E-state index in [4.69, 9.17) is 0 Å². The number of carbonyl (C=O) groups is 1. The molecule has 0 bridgehead atoms. The molecular weight excluding hydrogens is 299 g/mol. The lowest BCUT2D eigenvalue weighted by atomic mass is 10.1. The lowest BCUT2D eigenvalue weighted by Gasteiger charge is -2.14. The van der Waals surface area contributed by atoms with Crippen LogP contribution >= 0.6 is 0 Å². The van der Waals surface area contributed by atoms with Gasteiger partial charge < -0.3 is 4.74 Å². The summed E-state index contributed by atoms with van der Waals surface area (Å²) in [5, 5.41) is 3.21. The Morgan fingerprint density at radius 2 is 2.14 bits per heavy atom. The third-order valence-corrected chi connectivity index (χ3v) is 3.78. The van der Waals surface area contributed by atoms with Gasteiger partial charge in [0.25, 0.3) is 5.92 Å². The molecule has 3 rings (SSSR count). The van der Waals surface area contributed by atoms with E-state index >= 15 is 0 Å². The highest BCUT2D eigenvalue weighted by molar-refractivity contribution is 5.69. The number of halogens is 5. The van der Waals surface area contributed by atoms with Crippen LogP contribution in [0.3, 0.4) is 0 Å². The van der Waals surface area contributed by atoms with Gasteiger partial charge in [0.15, 0.2) is 5.69 Å². The third kappa shape index (κ3) is 2.01. The minimum absolute atomic E-state index is 0.00998. The highest BCUT2D eigenvalue weighted by atomic mass is 19.4. The molecule has 2 aliphatic rings. The zero-order valence-corrected chi connectivity index (χ0v) is 10.9. The molecule has 2 atom stereocenters. The van der Waals surface area contributed by atoms with Crippen LogP contribution in [0.15, 0.2) is 0 Å². The van der Waals surface area contributed by atoms with Gasteiger partial charge in [0.2, 0.25) is 0 Å². The number of nitrogens with zero attached hydrogens (tertiary/aromatic N) is 2. The first-order chi connectivity index (χ1) is 9.67. The van der Waals surface area contributed by atoms with Crippen LogP contribution in [0.4, 0.5) is 22.0 Å². The maximum Gasteiger partial charge on any atom is 0.435 e. The maximum atomic E-state index is 14.1. The fourth-order valence-corrected chi connectivity index (χ4v) is 2.92. The normalized spacial score (nSPS) is 25.4. The molecule has 21 heavy (non-hydrogen) atoms. The Balaban J connectivity index is 2.06. The zero-order chi connectivity index (χ0) is 15.6. The molecular formula is C12H11F5N2O2. The standard InChI is InChI=1S/C12H11F5N2O2/c1-2-21-7(20)4-19-10-8(9(18-19)12(15,16)17)5-3-6(5)11(10,13)14/h5-6H,2-4H2,1H3/t5-,6+/m0/s1. The predicted octanol–water partition coefficient (Wildman–Crippen LogP) is 2.67. The zero-order valence-electron chi connectivity index (χ0n) is 10.9. The Hall–Kier alpha value is -1.67. The first-order valence-electron chi connectivity index (χ1n) is 6.39. The summed E-state index contributed by atoms with van der Waals surface area (Å²) in [5.74, 6) is -6.21. The SMILES string of the molecule is CCOC(=O)Cn1nc(C(F)(F)F)c2c1C(F)(F)[C@@H]1C[C@H]21. The van der Waals surface area contributed by atoms with E-state index in [9.17, 15) is 26.7 Å². The monoisotopic (exact) mass is 310 g/mol. The van der Waals surface area contributed by atoms with Crippen LogP contribution in [0.1, 0.15) is 36.2 Å². The van der Waals surface area contributed by atoms with Crippen LogP contribution in [0.5, 0.6) is 0 Å². The summed E-state index contributed by atoms with van der Waals surface area (Å²) < 4.78 is 72.1. The van der Waals surface area contributed by atoms with Crippen molar-refractivity contribution in [3.05, 3.63) is 17.0 Å². The van der Waals surface area contributed by atoms with Gasteiger partial charge in [0.05, 0.1) is 6.61 Å². The first-order valence-corrected chi connectivity index (χ1v) is 6.39. The number of alkyl halides is 5. The Labute approximate surface area is 115 Å². The molecule has 116 valence electrons. The predicted molar refractivity (Wildman–Crippen MR) is 58.6 cm³/mol. The molecule has 0 saturated heterocycles. The molecule has 0 aromatic carbocycles. The van der Waals surface area contributed by atoms with E-state index < -0.39 is 53.4 Å². The van der Waals surface area contributed by atoms with Gasteiger partial charge in [-0.2, -0.15) is 27.1 Å². The van der Waals surface area contributed by atoms with Crippen LogP contribution in [-0.2, 0) is 28.2 Å². The third-order valence-electron chi connectivity index (χ3n) is 3.78. The van der Waals surface area contributed by atoms with E-state index in [-0.39, 0.29) is 13.0 Å². The molecule has 0 amide bonds. The number of ether oxygens (including phenoxy) is 1. The fraction of sp³-hybridized carbons (Fsp3) is 0.667. The number of fused-ring (bicyclic) bond motifs is 3. The highest BCUT2D eigenvalue weighted by Gasteiger charge is 2.68. The van der Waals surface area contributed by atoms with Crippen molar-refractivity contribution >= 4 is 5.97 Å². The van der Waals surface area contributed by atoms with Gasteiger partial charge in [-0.15, -0.1) is 0 Å². The molecule has 0 N–H and O–H groups in total. The Bertz CT molecular complexity index is 608. The van der Waals surface area contributed by atoms with E-state index in [1.54, 1.807) is 0 Å². The van der Waals surface area contributed by atoms with E-state index in [0.717, 1.165) is 0 Å². The van der Waals surface area contributed by atoms with Gasteiger partial charge in [0, 0.05) is 11.5 Å². The Kier molecular flexibility index (Phi) is 2.84. The second-order valence-electron chi connectivity index (χ2n) is 5.14. The molecule has 1 saturated carbocycles. The summed E-state index contributed by atoms with van der Waals surface area (Å²) in [6, 6.07) is 0. The topological polar surface area (TPSA) is 44.1 Å². The number of hydrogen-bond donors (Lipinski definition) is 0. The van der Waals surface area contributed by atoms with Crippen molar-refractivity contribution < 1.29 is 31.5 Å². The molecule has 9 heteroatoms. The Morgan fingerprint density at radius 1 is 1.48 bits per heavy atom. The first kappa shape index (κ1) is 14.3. The fourth-order valence-electron chi connectivity index (χ4n) is 2.92. The second-order valence-corrected chi connectivity index (χ2v) is 5.14. The van der Waals surface area contributed by atoms with Crippen molar-refractivity contribution in [2.45, 2.75) is 37.9 Å². The van der Waals surface area contributed by atoms with E-state index in [0.29, 0.717) is 4.68 Å². The summed E-state index contributed by atoms with van der Waals surface area (Å²) in [6.45, 7) is 0.772. The van der Waals surface area contributed by atoms with Crippen molar-refractivity contribution in [1.29, 1.82) is 0 Å². The summed E-state index contributed by atoms with van der Waals surface area (Å²) in [5.41, 5.74) is -2.56. The maximum absolute atomic E-state index is 14.1. The largest absolute Gasteiger partial charge is 0.465 e. The minimum Gasteiger partial charge on any atom is -0.465 e. The van der Waals surface area contributed by atoms with Gasteiger partial charge in [-0.3, -0.25) is 9.48 Å². The summed E-state index contributed by atoms with van der Waals surface area (Å²) in [4.78, 5) is 11.4. The lowest BCUT2D eigenvalue weighted by Crippen LogP contribution is -2.23. The van der Waals surface area contributed by atoms with Crippen molar-refractivity contribution in [2.75, 3.05) is 6.61 Å². The molecule has 1 fully saturated rings. The van der Waals surface area contributed by atoms with Gasteiger partial charge in [0.1, 0.15) is 12.2 Å². The van der Waals surface area contributed by atoms with Crippen LogP contribution < -0.4 is 0 Å². The molecule has 0 aliphatic heterocycles. The average molecular weight is 310 g/mol. The molecule has 0 spiro atoms. The van der Waals surface area contributed by atoms with Crippen molar-refractivity contribution in [3.63, 3.8) is 0 Å². The number of esters is 1. The summed E-state index contributed by atoms with van der Waals surface area (Å²) >= 11 is 0. The number of rotatable bonds is 3. The lowest BCUT2D eigenvalue weighted by molar-refractivity contribution is -0.146. The quantitative estimate of drug-likeness (QED) is 0.637. The van der Waals surface area contributed by atoms with Gasteiger partial charge in [-0.25, -0.2) is 0 Å². The van der Waals surface area contributed by atoms with Crippen molar-refractivity contribution in [3.8, 4) is 0 Å². The van der Waals surface area contributed by atoms with Gasteiger partial charge in [-0.1, -0.05) is 0 Å². The van der Waals surface area contributed by atoms with Crippen molar-refractivity contribution in [2.24, 2.45) is 5.92 Å². The molecule has 1 aromatic heterocycles. The minimum atomic E-state index is -4.82. The Morgan fingerprint density at radius 3 is 2.71 bits per heavy atom. The van der Waals surface area contributed by atoms with E-state index in [2.05, 4.69) is 9.84 Å². The molecule has 4 nitrogen and oxygen atoms in total. The molecule has 0 unspecified atom stereocenters. The van der Waals surface area contributed by atoms with Crippen molar-refractivity contribution in [1.82, 2.24) is 9.78 Å². The number of aromatic nitrogens is 2. The average Bonchev–Trinajstić information content (AvgIpc) is 2.98. The number of carbonyl (C=O) groups excluding carboxylic acids is 1. The molecule has 0 radical (unpaired) electrons. The summed E-state index contributed by atoms with van der Waals surface area (Å²) in [7, 11) is 0. The van der Waals surface area contributed by atoms with Gasteiger partial charge in [-0.05, 0) is 19.3 Å². The smallest absolute Gasteiger partial charge is 0.435 e. The summed E-state index contributed by atoms with van der Waals surface area (Å²) in [6.07, 6.45) is -4.80. The van der Waals surface area contributed by atoms with Crippen LogP contribution in [0.2, 0.25) is 0 Å². The van der Waals surface area contributed by atoms with E-state index in [1.165, 1.54) is 6.92 Å². The van der Waals surface area contributed by atoms with Crippen LogP contribution in [0.25, 0.3) is 0 Å². The molecule has 1 aromatic rings. The molecule has 2 aliphatic carbocycles. The van der Waals surface area contributed by atoms with E-state index in [1.807, 2.05) is 0 Å². The van der Waals surface area contributed by atoms with Gasteiger partial charge >= 0.3 is 12.1 Å². The number of hydrogen-bond acceptors (Lipinski definition) is 3. The van der Waals surface area contributed by atoms with Crippen LogP contribution in [-0.4, -0.2) is 22.4 Å².